The Morgan fingerprint density at radius 3 is 2.87 bits per heavy atom. The van der Waals surface area contributed by atoms with Gasteiger partial charge in [-0.15, -0.1) is 0 Å². The van der Waals surface area contributed by atoms with E-state index in [1.165, 1.54) is 17.4 Å². The number of nitrogens with one attached hydrogen (secondary N) is 1. The van der Waals surface area contributed by atoms with Crippen molar-refractivity contribution in [3.8, 4) is 10.4 Å². The van der Waals surface area contributed by atoms with Crippen LogP contribution in [0.3, 0.4) is 0 Å². The summed E-state index contributed by atoms with van der Waals surface area (Å²) in [6.45, 7) is 0. The molecule has 1 heterocycles. The van der Waals surface area contributed by atoms with E-state index in [0.29, 0.717) is 0 Å². The maximum atomic E-state index is 13.2. The molecule has 2 aromatic rings. The van der Waals surface area contributed by atoms with Gasteiger partial charge in [0.15, 0.2) is 5.13 Å². The van der Waals surface area contributed by atoms with E-state index in [-0.39, 0.29) is 5.02 Å². The molecule has 0 fully saturated rings. The molecular formula is C10H8ClFN2S. The third-order valence-electron chi connectivity index (χ3n) is 1.92. The van der Waals surface area contributed by atoms with Crippen LogP contribution in [0.5, 0.6) is 0 Å². The van der Waals surface area contributed by atoms with Crippen LogP contribution in [-0.4, -0.2) is 12.0 Å². The van der Waals surface area contributed by atoms with Crippen molar-refractivity contribution in [2.24, 2.45) is 0 Å². The van der Waals surface area contributed by atoms with E-state index in [9.17, 15) is 4.39 Å². The summed E-state index contributed by atoms with van der Waals surface area (Å²) in [5, 5.41) is 3.87. The van der Waals surface area contributed by atoms with Crippen LogP contribution >= 0.6 is 22.9 Å². The number of nitrogens with zero attached hydrogens (tertiary/aromatic N) is 1. The fourth-order valence-corrected chi connectivity index (χ4v) is 2.06. The minimum absolute atomic E-state index is 0.136. The summed E-state index contributed by atoms with van der Waals surface area (Å²) in [6, 6.07) is 4.73. The van der Waals surface area contributed by atoms with Gasteiger partial charge in [0, 0.05) is 13.2 Å². The first kappa shape index (κ1) is 10.4. The standard InChI is InChI=1S/C10H8ClFN2S/c1-13-10-14-5-9(15-10)6-2-3-7(11)8(12)4-6/h2-5H,1H3,(H,13,14). The zero-order valence-corrected chi connectivity index (χ0v) is 9.49. The molecule has 0 aliphatic rings. The Morgan fingerprint density at radius 1 is 1.47 bits per heavy atom. The number of hydrogen-bond acceptors (Lipinski definition) is 3. The van der Waals surface area contributed by atoms with E-state index in [4.69, 9.17) is 11.6 Å². The van der Waals surface area contributed by atoms with Crippen LogP contribution in [0.25, 0.3) is 10.4 Å². The largest absolute Gasteiger partial charge is 0.365 e. The molecular weight excluding hydrogens is 235 g/mol. The fraction of sp³-hybridized carbons (Fsp3) is 0.100. The molecule has 0 bridgehead atoms. The Hall–Kier alpha value is -1.13. The van der Waals surface area contributed by atoms with Gasteiger partial charge in [-0.2, -0.15) is 0 Å². The smallest absolute Gasteiger partial charge is 0.182 e. The van der Waals surface area contributed by atoms with Crippen LogP contribution < -0.4 is 5.32 Å². The van der Waals surface area contributed by atoms with Crippen molar-refractivity contribution in [2.45, 2.75) is 0 Å². The molecule has 0 atom stereocenters. The number of hydrogen-bond donors (Lipinski definition) is 1. The van der Waals surface area contributed by atoms with Crippen molar-refractivity contribution in [1.29, 1.82) is 0 Å². The van der Waals surface area contributed by atoms with E-state index in [1.807, 2.05) is 0 Å². The Kier molecular flexibility index (Phi) is 2.88. The highest BCUT2D eigenvalue weighted by atomic mass is 35.5. The van der Waals surface area contributed by atoms with E-state index >= 15 is 0 Å². The lowest BCUT2D eigenvalue weighted by atomic mass is 10.2. The van der Waals surface area contributed by atoms with E-state index in [0.717, 1.165) is 15.6 Å². The minimum Gasteiger partial charge on any atom is -0.365 e. The molecule has 0 saturated heterocycles. The lowest BCUT2D eigenvalue weighted by molar-refractivity contribution is 0.629. The lowest BCUT2D eigenvalue weighted by Gasteiger charge is -1.98. The van der Waals surface area contributed by atoms with E-state index in [1.54, 1.807) is 25.4 Å². The highest BCUT2D eigenvalue weighted by Crippen LogP contribution is 2.30. The lowest BCUT2D eigenvalue weighted by Crippen LogP contribution is -1.83. The second-order valence-electron chi connectivity index (χ2n) is 2.91. The predicted octanol–water partition coefficient (Wildman–Crippen LogP) is 3.64. The molecule has 0 radical (unpaired) electrons. The first-order valence-corrected chi connectivity index (χ1v) is 5.49. The second kappa shape index (κ2) is 4.16. The normalized spacial score (nSPS) is 10.3. The Balaban J connectivity index is 2.40. The molecule has 0 spiro atoms. The molecule has 15 heavy (non-hydrogen) atoms. The third kappa shape index (κ3) is 2.11. The van der Waals surface area contributed by atoms with Crippen LogP contribution in [0.15, 0.2) is 24.4 Å². The van der Waals surface area contributed by atoms with Gasteiger partial charge in [-0.25, -0.2) is 9.37 Å². The summed E-state index contributed by atoms with van der Waals surface area (Å²) in [4.78, 5) is 5.03. The third-order valence-corrected chi connectivity index (χ3v) is 3.29. The van der Waals surface area contributed by atoms with Crippen molar-refractivity contribution in [3.63, 3.8) is 0 Å². The number of rotatable bonds is 2. The summed E-state index contributed by atoms with van der Waals surface area (Å²) < 4.78 is 13.2. The molecule has 2 nitrogen and oxygen atoms in total. The molecule has 0 saturated carbocycles. The van der Waals surface area contributed by atoms with Gasteiger partial charge in [0.1, 0.15) is 5.82 Å². The molecule has 2 rings (SSSR count). The van der Waals surface area contributed by atoms with Crippen molar-refractivity contribution in [3.05, 3.63) is 35.2 Å². The molecule has 0 unspecified atom stereocenters. The Labute approximate surface area is 95.7 Å². The van der Waals surface area contributed by atoms with Crippen LogP contribution in [0.4, 0.5) is 9.52 Å². The number of anilines is 1. The van der Waals surface area contributed by atoms with E-state index < -0.39 is 5.82 Å². The van der Waals surface area contributed by atoms with Gasteiger partial charge >= 0.3 is 0 Å². The van der Waals surface area contributed by atoms with Gasteiger partial charge < -0.3 is 5.32 Å². The van der Waals surface area contributed by atoms with Gasteiger partial charge in [0.2, 0.25) is 0 Å². The minimum atomic E-state index is -0.409. The molecule has 0 aliphatic carbocycles. The average molecular weight is 243 g/mol. The van der Waals surface area contributed by atoms with Crippen molar-refractivity contribution in [2.75, 3.05) is 12.4 Å². The summed E-state index contributed by atoms with van der Waals surface area (Å²) >= 11 is 7.07. The fourth-order valence-electron chi connectivity index (χ4n) is 1.17. The zero-order valence-electron chi connectivity index (χ0n) is 7.92. The Morgan fingerprint density at radius 2 is 2.27 bits per heavy atom. The van der Waals surface area contributed by atoms with Crippen LogP contribution in [0, 0.1) is 5.82 Å². The maximum absolute atomic E-state index is 13.2. The number of benzene rings is 1. The van der Waals surface area contributed by atoms with Crippen molar-refractivity contribution in [1.82, 2.24) is 4.98 Å². The molecule has 78 valence electrons. The quantitative estimate of drug-likeness (QED) is 0.870. The summed E-state index contributed by atoms with van der Waals surface area (Å²) in [6.07, 6.45) is 1.71. The molecule has 0 aliphatic heterocycles. The summed E-state index contributed by atoms with van der Waals surface area (Å²) in [5.41, 5.74) is 0.788. The first-order chi connectivity index (χ1) is 7.20. The molecule has 1 aromatic carbocycles. The van der Waals surface area contributed by atoms with Gasteiger partial charge in [-0.1, -0.05) is 29.0 Å². The van der Waals surface area contributed by atoms with Crippen LogP contribution in [0.1, 0.15) is 0 Å². The Bertz CT molecular complexity index is 484. The molecule has 1 N–H and O–H groups in total. The second-order valence-corrected chi connectivity index (χ2v) is 4.35. The van der Waals surface area contributed by atoms with Gasteiger partial charge in [0.05, 0.1) is 9.90 Å². The monoisotopic (exact) mass is 242 g/mol. The molecule has 0 amide bonds. The SMILES string of the molecule is CNc1ncc(-c2ccc(Cl)c(F)c2)s1. The topological polar surface area (TPSA) is 24.9 Å². The number of halogens is 2. The van der Waals surface area contributed by atoms with E-state index in [2.05, 4.69) is 10.3 Å². The van der Waals surface area contributed by atoms with Crippen LogP contribution in [0.2, 0.25) is 5.02 Å². The maximum Gasteiger partial charge on any atom is 0.182 e. The highest BCUT2D eigenvalue weighted by Gasteiger charge is 2.06. The zero-order chi connectivity index (χ0) is 10.8. The summed E-state index contributed by atoms with van der Waals surface area (Å²) in [5.74, 6) is -0.409. The number of aromatic nitrogens is 1. The van der Waals surface area contributed by atoms with Gasteiger partial charge in [-0.05, 0) is 17.7 Å². The van der Waals surface area contributed by atoms with Gasteiger partial charge in [-0.3, -0.25) is 0 Å². The van der Waals surface area contributed by atoms with Crippen LogP contribution in [-0.2, 0) is 0 Å². The average Bonchev–Trinajstić information content (AvgIpc) is 2.70. The number of thiazole rings is 1. The molecule has 5 heteroatoms. The highest BCUT2D eigenvalue weighted by molar-refractivity contribution is 7.18. The first-order valence-electron chi connectivity index (χ1n) is 4.29. The summed E-state index contributed by atoms with van der Waals surface area (Å²) in [7, 11) is 1.80. The predicted molar refractivity (Wildman–Crippen MR) is 62.1 cm³/mol. The van der Waals surface area contributed by atoms with Gasteiger partial charge in [0.25, 0.3) is 0 Å². The van der Waals surface area contributed by atoms with Crippen molar-refractivity contribution < 1.29 is 4.39 Å². The van der Waals surface area contributed by atoms with Crippen molar-refractivity contribution >= 4 is 28.1 Å². The molecule has 1 aromatic heterocycles.